The number of hydrogen-bond donors (Lipinski definition) is 2. The minimum absolute atomic E-state index is 0.0121. The lowest BCUT2D eigenvalue weighted by Gasteiger charge is -2.21. The Morgan fingerprint density at radius 3 is 2.16 bits per heavy atom. The third kappa shape index (κ3) is 2.61. The summed E-state index contributed by atoms with van der Waals surface area (Å²) >= 11 is 0. The maximum absolute atomic E-state index is 12.7. The molecule has 0 unspecified atom stereocenters. The van der Waals surface area contributed by atoms with Crippen LogP contribution < -0.4 is 0 Å². The topological polar surface area (TPSA) is 109 Å². The number of ketones is 3. The van der Waals surface area contributed by atoms with Crippen LogP contribution in [0.15, 0.2) is 30.3 Å². The highest BCUT2D eigenvalue weighted by Crippen LogP contribution is 2.37. The van der Waals surface area contributed by atoms with Gasteiger partial charge in [0.1, 0.15) is 11.5 Å². The summed E-state index contributed by atoms with van der Waals surface area (Å²) in [7, 11) is 0. The number of fused-ring (bicyclic) bond motifs is 2. The summed E-state index contributed by atoms with van der Waals surface area (Å²) in [5, 5.41) is 20.0. The van der Waals surface area contributed by atoms with Crippen LogP contribution in [0.3, 0.4) is 0 Å². The molecule has 126 valence electrons. The lowest BCUT2D eigenvalue weighted by atomic mass is 9.80. The minimum atomic E-state index is -1.34. The third-order valence-corrected chi connectivity index (χ3v) is 4.25. The molecule has 3 rings (SSSR count). The smallest absolute Gasteiger partial charge is 0.336 e. The number of carboxylic acids is 1. The molecule has 0 aliphatic heterocycles. The predicted octanol–water partition coefficient (Wildman–Crippen LogP) is 2.39. The molecule has 1 aliphatic carbocycles. The second-order valence-corrected chi connectivity index (χ2v) is 5.88. The van der Waals surface area contributed by atoms with E-state index in [9.17, 15) is 29.4 Å². The van der Waals surface area contributed by atoms with Crippen LogP contribution in [0.25, 0.3) is 0 Å². The van der Waals surface area contributed by atoms with Crippen LogP contribution in [0.5, 0.6) is 5.75 Å². The molecule has 0 aromatic heterocycles. The maximum Gasteiger partial charge on any atom is 0.336 e. The average Bonchev–Trinajstić information content (AvgIpc) is 2.57. The van der Waals surface area contributed by atoms with Gasteiger partial charge in [0.05, 0.1) is 11.1 Å². The highest BCUT2D eigenvalue weighted by Gasteiger charge is 2.34. The summed E-state index contributed by atoms with van der Waals surface area (Å²) < 4.78 is 0. The summed E-state index contributed by atoms with van der Waals surface area (Å²) in [4.78, 5) is 48.1. The Bertz CT molecular complexity index is 955. The van der Waals surface area contributed by atoms with E-state index in [0.717, 1.165) is 6.07 Å². The number of benzene rings is 2. The van der Waals surface area contributed by atoms with Crippen LogP contribution in [0, 0.1) is 0 Å². The molecule has 25 heavy (non-hydrogen) atoms. The van der Waals surface area contributed by atoms with Crippen LogP contribution >= 0.6 is 0 Å². The molecule has 0 saturated heterocycles. The molecule has 1 aliphatic rings. The van der Waals surface area contributed by atoms with E-state index in [0.29, 0.717) is 0 Å². The zero-order valence-electron chi connectivity index (χ0n) is 13.3. The van der Waals surface area contributed by atoms with Crippen molar-refractivity contribution < 1.29 is 29.4 Å². The predicted molar refractivity (Wildman–Crippen MR) is 87.4 cm³/mol. The summed E-state index contributed by atoms with van der Waals surface area (Å²) in [5.41, 5.74) is -0.291. The number of carboxylic acid groups (broad SMARTS) is 1. The molecule has 0 atom stereocenters. The number of Topliss-reactive ketones (excluding diaryl/α,β-unsaturated/α-hetero) is 1. The Kier molecular flexibility index (Phi) is 3.96. The van der Waals surface area contributed by atoms with Crippen molar-refractivity contribution in [3.05, 3.63) is 63.7 Å². The summed E-state index contributed by atoms with van der Waals surface area (Å²) in [6.07, 6.45) is -0.00938. The highest BCUT2D eigenvalue weighted by atomic mass is 16.4. The monoisotopic (exact) mass is 338 g/mol. The average molecular weight is 338 g/mol. The van der Waals surface area contributed by atoms with E-state index in [1.54, 1.807) is 12.1 Å². The number of carbonyl (C=O) groups excluding carboxylic acids is 3. The normalized spacial score (nSPS) is 12.5. The van der Waals surface area contributed by atoms with Crippen LogP contribution in [-0.2, 0) is 11.2 Å². The zero-order chi connectivity index (χ0) is 18.3. The van der Waals surface area contributed by atoms with Gasteiger partial charge in [0, 0.05) is 28.7 Å². The molecule has 0 radical (unpaired) electrons. The lowest BCUT2D eigenvalue weighted by molar-refractivity contribution is -0.117. The van der Waals surface area contributed by atoms with Gasteiger partial charge < -0.3 is 15.0 Å². The van der Waals surface area contributed by atoms with E-state index in [-0.39, 0.29) is 52.0 Å². The molecule has 0 spiro atoms. The Morgan fingerprint density at radius 2 is 1.60 bits per heavy atom. The van der Waals surface area contributed by atoms with Crippen LogP contribution in [0.2, 0.25) is 0 Å². The van der Waals surface area contributed by atoms with Gasteiger partial charge in [0.15, 0.2) is 11.6 Å². The quantitative estimate of drug-likeness (QED) is 0.756. The van der Waals surface area contributed by atoms with E-state index in [1.165, 1.54) is 19.1 Å². The van der Waals surface area contributed by atoms with Gasteiger partial charge in [0.25, 0.3) is 0 Å². The molecule has 0 saturated carbocycles. The Hall–Kier alpha value is -3.28. The van der Waals surface area contributed by atoms with Gasteiger partial charge in [-0.25, -0.2) is 4.79 Å². The van der Waals surface area contributed by atoms with Gasteiger partial charge in [-0.15, -0.1) is 0 Å². The largest absolute Gasteiger partial charge is 0.507 e. The Labute approximate surface area is 142 Å². The molecule has 6 nitrogen and oxygen atoms in total. The number of rotatable bonds is 4. The van der Waals surface area contributed by atoms with E-state index in [1.807, 2.05) is 0 Å². The molecule has 0 fully saturated rings. The molecule has 2 aromatic carbocycles. The lowest BCUT2D eigenvalue weighted by Crippen LogP contribution is -2.23. The van der Waals surface area contributed by atoms with Crippen molar-refractivity contribution in [2.45, 2.75) is 19.8 Å². The number of carbonyl (C=O) groups is 4. The molecular weight excluding hydrogens is 324 g/mol. The fraction of sp³-hybridized carbons (Fsp3) is 0.158. The van der Waals surface area contributed by atoms with Gasteiger partial charge in [0.2, 0.25) is 0 Å². The summed E-state index contributed by atoms with van der Waals surface area (Å²) in [6.45, 7) is 1.35. The van der Waals surface area contributed by atoms with Crippen molar-refractivity contribution in [2.75, 3.05) is 0 Å². The number of aromatic hydroxyl groups is 1. The van der Waals surface area contributed by atoms with Crippen molar-refractivity contribution in [1.29, 1.82) is 0 Å². The van der Waals surface area contributed by atoms with E-state index >= 15 is 0 Å². The maximum atomic E-state index is 12.7. The summed E-state index contributed by atoms with van der Waals surface area (Å²) in [6, 6.07) is 7.30. The SMILES string of the molecule is CC(=O)CCc1c(C(=O)O)cc2c(c1O)C(=O)c1ccccc1C2=O. The van der Waals surface area contributed by atoms with Crippen molar-refractivity contribution in [3.63, 3.8) is 0 Å². The highest BCUT2D eigenvalue weighted by molar-refractivity contribution is 6.29. The first-order valence-electron chi connectivity index (χ1n) is 7.63. The van der Waals surface area contributed by atoms with E-state index in [4.69, 9.17) is 0 Å². The first-order valence-corrected chi connectivity index (χ1v) is 7.63. The second kappa shape index (κ2) is 5.98. The molecular formula is C19H14O6. The van der Waals surface area contributed by atoms with E-state index in [2.05, 4.69) is 0 Å². The Morgan fingerprint density at radius 1 is 1.00 bits per heavy atom. The van der Waals surface area contributed by atoms with Crippen LogP contribution in [-0.4, -0.2) is 33.5 Å². The van der Waals surface area contributed by atoms with Crippen molar-refractivity contribution in [2.24, 2.45) is 0 Å². The van der Waals surface area contributed by atoms with Gasteiger partial charge in [-0.05, 0) is 19.4 Å². The first-order chi connectivity index (χ1) is 11.8. The van der Waals surface area contributed by atoms with Crippen LogP contribution in [0.1, 0.15) is 61.1 Å². The van der Waals surface area contributed by atoms with Gasteiger partial charge in [-0.3, -0.25) is 9.59 Å². The number of phenolic OH excluding ortho intramolecular Hbond substituents is 1. The van der Waals surface area contributed by atoms with E-state index < -0.39 is 23.3 Å². The molecule has 0 heterocycles. The fourth-order valence-corrected chi connectivity index (χ4v) is 3.02. The van der Waals surface area contributed by atoms with Crippen LogP contribution in [0.4, 0.5) is 0 Å². The molecule has 2 aromatic rings. The Balaban J connectivity index is 2.27. The number of aromatic carboxylic acids is 1. The van der Waals surface area contributed by atoms with Crippen molar-refractivity contribution >= 4 is 23.3 Å². The molecule has 0 amide bonds. The fourth-order valence-electron chi connectivity index (χ4n) is 3.02. The second-order valence-electron chi connectivity index (χ2n) is 5.88. The number of hydrogen-bond acceptors (Lipinski definition) is 5. The summed E-state index contributed by atoms with van der Waals surface area (Å²) in [5.74, 6) is -3.11. The molecule has 6 heteroatoms. The zero-order valence-corrected chi connectivity index (χ0v) is 13.3. The van der Waals surface area contributed by atoms with Crippen molar-refractivity contribution in [3.8, 4) is 5.75 Å². The van der Waals surface area contributed by atoms with Gasteiger partial charge in [-0.2, -0.15) is 0 Å². The third-order valence-electron chi connectivity index (χ3n) is 4.25. The van der Waals surface area contributed by atoms with Crippen molar-refractivity contribution in [1.82, 2.24) is 0 Å². The molecule has 0 bridgehead atoms. The minimum Gasteiger partial charge on any atom is -0.507 e. The standard InChI is InChI=1S/C19H14O6/c1-9(20)6-7-12-13(19(24)25)8-14-15(18(12)23)17(22)11-5-3-2-4-10(11)16(14)21/h2-5,8,23H,6-7H2,1H3,(H,24,25). The molecule has 2 N–H and O–H groups in total. The van der Waals surface area contributed by atoms with Gasteiger partial charge in [-0.1, -0.05) is 24.3 Å². The number of phenols is 1. The van der Waals surface area contributed by atoms with Gasteiger partial charge >= 0.3 is 5.97 Å². The first kappa shape index (κ1) is 16.6.